The van der Waals surface area contributed by atoms with E-state index in [1.54, 1.807) is 0 Å². The van der Waals surface area contributed by atoms with Gasteiger partial charge in [0.15, 0.2) is 0 Å². The Bertz CT molecular complexity index is 1100. The molecule has 0 amide bonds. The first-order valence-corrected chi connectivity index (χ1v) is 12.4. The molecule has 0 N–H and O–H groups in total. The quantitative estimate of drug-likeness (QED) is 0.396. The van der Waals surface area contributed by atoms with Crippen molar-refractivity contribution in [1.82, 2.24) is 9.55 Å². The summed E-state index contributed by atoms with van der Waals surface area (Å²) < 4.78 is 8.14. The van der Waals surface area contributed by atoms with Crippen LogP contribution in [0.2, 0.25) is 0 Å². The Kier molecular flexibility index (Phi) is 6.65. The number of esters is 1. The number of rotatable bonds is 5. The lowest BCUT2D eigenvalue weighted by atomic mass is 9.75. The van der Waals surface area contributed by atoms with Crippen molar-refractivity contribution in [3.63, 3.8) is 0 Å². The molecule has 0 unspecified atom stereocenters. The molecule has 1 fully saturated rings. The number of carbonyl (C=O) groups is 1. The number of carbonyl (C=O) groups excluding carboxylic acids is 1. The maximum Gasteiger partial charge on any atom is 0.326 e. The summed E-state index contributed by atoms with van der Waals surface area (Å²) in [6.07, 6.45) is 3.32. The Balaban J connectivity index is 1.62. The Morgan fingerprint density at radius 2 is 1.79 bits per heavy atom. The van der Waals surface area contributed by atoms with E-state index in [-0.39, 0.29) is 24.0 Å². The van der Waals surface area contributed by atoms with Gasteiger partial charge in [-0.1, -0.05) is 84.4 Å². The fraction of sp³-hybridized carbons (Fsp3) is 0.517. The van der Waals surface area contributed by atoms with Crippen LogP contribution in [0.5, 0.6) is 0 Å². The molecule has 0 aliphatic heterocycles. The third-order valence-corrected chi connectivity index (χ3v) is 7.20. The van der Waals surface area contributed by atoms with Gasteiger partial charge in [-0.25, -0.2) is 4.98 Å². The number of hydrogen-bond donors (Lipinski definition) is 0. The first-order chi connectivity index (χ1) is 15.6. The standard InChI is InChI=1S/C29H38N2O2/c1-19(2)23-16-11-20(3)17-26(23)33-27(32)18-31-25-10-8-7-9-24(25)30-28(31)21-12-14-22(15-13-21)29(4,5)6/h7-10,12-15,19-20,23,26H,11,16-18H2,1-6H3/t20-,23+,26-/m1/s1. The van der Waals surface area contributed by atoms with Crippen LogP contribution in [0, 0.1) is 17.8 Å². The second kappa shape index (κ2) is 9.32. The molecule has 4 nitrogen and oxygen atoms in total. The first kappa shape index (κ1) is 23.5. The summed E-state index contributed by atoms with van der Waals surface area (Å²) in [5.41, 5.74) is 4.23. The topological polar surface area (TPSA) is 44.1 Å². The number of fused-ring (bicyclic) bond motifs is 1. The number of hydrogen-bond acceptors (Lipinski definition) is 3. The number of benzene rings is 2. The van der Waals surface area contributed by atoms with Crippen LogP contribution >= 0.6 is 0 Å². The molecule has 1 heterocycles. The number of nitrogens with zero attached hydrogens (tertiary/aromatic N) is 2. The number of aromatic nitrogens is 2. The van der Waals surface area contributed by atoms with Gasteiger partial charge in [-0.15, -0.1) is 0 Å². The predicted octanol–water partition coefficient (Wildman–Crippen LogP) is 7.00. The van der Waals surface area contributed by atoms with Gasteiger partial charge < -0.3 is 9.30 Å². The lowest BCUT2D eigenvalue weighted by Crippen LogP contribution is -2.36. The average molecular weight is 447 g/mol. The summed E-state index contributed by atoms with van der Waals surface area (Å²) in [4.78, 5) is 18.1. The van der Waals surface area contributed by atoms with Crippen LogP contribution in [-0.2, 0) is 21.5 Å². The second-order valence-electron chi connectivity index (χ2n) is 11.2. The van der Waals surface area contributed by atoms with Crippen molar-refractivity contribution in [3.8, 4) is 11.4 Å². The van der Waals surface area contributed by atoms with Crippen molar-refractivity contribution < 1.29 is 9.53 Å². The third kappa shape index (κ3) is 5.15. The summed E-state index contributed by atoms with van der Waals surface area (Å²) in [5, 5.41) is 0. The van der Waals surface area contributed by atoms with Gasteiger partial charge in [0.25, 0.3) is 0 Å². The molecule has 33 heavy (non-hydrogen) atoms. The second-order valence-corrected chi connectivity index (χ2v) is 11.2. The van der Waals surface area contributed by atoms with E-state index in [1.807, 2.05) is 28.8 Å². The maximum absolute atomic E-state index is 13.2. The van der Waals surface area contributed by atoms with E-state index in [2.05, 4.69) is 65.8 Å². The lowest BCUT2D eigenvalue weighted by Gasteiger charge is -2.36. The molecule has 1 aromatic heterocycles. The zero-order chi connectivity index (χ0) is 23.8. The fourth-order valence-electron chi connectivity index (χ4n) is 5.16. The molecular weight excluding hydrogens is 408 g/mol. The molecule has 0 saturated heterocycles. The number of imidazole rings is 1. The highest BCUT2D eigenvalue weighted by Gasteiger charge is 2.33. The smallest absolute Gasteiger partial charge is 0.326 e. The number of para-hydroxylation sites is 2. The van der Waals surface area contributed by atoms with Gasteiger partial charge in [0, 0.05) is 5.56 Å². The van der Waals surface area contributed by atoms with Gasteiger partial charge in [0.2, 0.25) is 0 Å². The highest BCUT2D eigenvalue weighted by Crippen LogP contribution is 2.36. The van der Waals surface area contributed by atoms with Crippen LogP contribution in [0.25, 0.3) is 22.4 Å². The molecule has 4 heteroatoms. The molecule has 176 valence electrons. The SMILES string of the molecule is CC(C)[C@@H]1CC[C@@H](C)C[C@H]1OC(=O)Cn1c(-c2ccc(C(C)(C)C)cc2)nc2ccccc21. The van der Waals surface area contributed by atoms with Crippen molar-refractivity contribution >= 4 is 17.0 Å². The van der Waals surface area contributed by atoms with Gasteiger partial charge in [-0.3, -0.25) is 4.79 Å². The van der Waals surface area contributed by atoms with Crippen molar-refractivity contribution in [2.75, 3.05) is 0 Å². The molecule has 0 radical (unpaired) electrons. The molecule has 3 aromatic rings. The van der Waals surface area contributed by atoms with Crippen LogP contribution in [0.4, 0.5) is 0 Å². The van der Waals surface area contributed by atoms with Crippen molar-refractivity contribution in [1.29, 1.82) is 0 Å². The van der Waals surface area contributed by atoms with Gasteiger partial charge in [0.05, 0.1) is 11.0 Å². The number of ether oxygens (including phenoxy) is 1. The Labute approximate surface area is 198 Å². The van der Waals surface area contributed by atoms with Gasteiger partial charge >= 0.3 is 5.97 Å². The molecule has 4 rings (SSSR count). The van der Waals surface area contributed by atoms with E-state index in [0.717, 1.165) is 35.3 Å². The van der Waals surface area contributed by atoms with Crippen LogP contribution in [0.1, 0.15) is 66.4 Å². The third-order valence-electron chi connectivity index (χ3n) is 7.20. The zero-order valence-electron chi connectivity index (χ0n) is 21.0. The molecule has 2 aromatic carbocycles. The lowest BCUT2D eigenvalue weighted by molar-refractivity contribution is -0.156. The Hall–Kier alpha value is -2.62. The van der Waals surface area contributed by atoms with Crippen molar-refractivity contribution in [2.24, 2.45) is 17.8 Å². The molecule has 3 atom stereocenters. The van der Waals surface area contributed by atoms with E-state index in [4.69, 9.17) is 9.72 Å². The van der Waals surface area contributed by atoms with E-state index in [0.29, 0.717) is 17.8 Å². The van der Waals surface area contributed by atoms with Crippen LogP contribution in [0.15, 0.2) is 48.5 Å². The first-order valence-electron chi connectivity index (χ1n) is 12.4. The molecule has 1 saturated carbocycles. The Morgan fingerprint density at radius 3 is 2.45 bits per heavy atom. The predicted molar refractivity (Wildman–Crippen MR) is 135 cm³/mol. The largest absolute Gasteiger partial charge is 0.461 e. The van der Waals surface area contributed by atoms with E-state index in [1.165, 1.54) is 12.0 Å². The minimum atomic E-state index is -0.171. The average Bonchev–Trinajstić information content (AvgIpc) is 3.11. The van der Waals surface area contributed by atoms with Crippen molar-refractivity contribution in [3.05, 3.63) is 54.1 Å². The highest BCUT2D eigenvalue weighted by molar-refractivity contribution is 5.83. The van der Waals surface area contributed by atoms with Crippen LogP contribution < -0.4 is 0 Å². The minimum Gasteiger partial charge on any atom is -0.461 e. The molecule has 1 aliphatic rings. The summed E-state index contributed by atoms with van der Waals surface area (Å²) in [7, 11) is 0. The molecule has 0 bridgehead atoms. The summed E-state index contributed by atoms with van der Waals surface area (Å²) in [6.45, 7) is 13.6. The monoisotopic (exact) mass is 446 g/mol. The van der Waals surface area contributed by atoms with Crippen molar-refractivity contribution in [2.45, 2.75) is 78.9 Å². The minimum absolute atomic E-state index is 0.00514. The Morgan fingerprint density at radius 1 is 1.09 bits per heavy atom. The summed E-state index contributed by atoms with van der Waals surface area (Å²) in [6, 6.07) is 16.6. The van der Waals surface area contributed by atoms with Crippen LogP contribution in [0.3, 0.4) is 0 Å². The highest BCUT2D eigenvalue weighted by atomic mass is 16.5. The van der Waals surface area contributed by atoms with Crippen LogP contribution in [-0.4, -0.2) is 21.6 Å². The van der Waals surface area contributed by atoms with Gasteiger partial charge in [-0.2, -0.15) is 0 Å². The summed E-state index contributed by atoms with van der Waals surface area (Å²) >= 11 is 0. The zero-order valence-corrected chi connectivity index (χ0v) is 21.0. The molecular formula is C29H38N2O2. The van der Waals surface area contributed by atoms with E-state index >= 15 is 0 Å². The fourth-order valence-corrected chi connectivity index (χ4v) is 5.16. The normalized spacial score (nSPS) is 21.5. The van der Waals surface area contributed by atoms with E-state index < -0.39 is 0 Å². The molecule has 0 spiro atoms. The van der Waals surface area contributed by atoms with Gasteiger partial charge in [-0.05, 0) is 53.7 Å². The molecule has 1 aliphatic carbocycles. The summed E-state index contributed by atoms with van der Waals surface area (Å²) in [5.74, 6) is 2.20. The van der Waals surface area contributed by atoms with E-state index in [9.17, 15) is 4.79 Å². The maximum atomic E-state index is 13.2. The van der Waals surface area contributed by atoms with Gasteiger partial charge in [0.1, 0.15) is 18.5 Å².